The zero-order valence-electron chi connectivity index (χ0n) is 6.72. The van der Waals surface area contributed by atoms with Gasteiger partial charge in [-0.2, -0.15) is 0 Å². The van der Waals surface area contributed by atoms with Gasteiger partial charge in [-0.3, -0.25) is 9.69 Å². The molecular weight excluding hydrogens is 200 g/mol. The van der Waals surface area contributed by atoms with E-state index in [0.717, 1.165) is 23.1 Å². The number of rotatable bonds is 1. The molecule has 0 N–H and O–H groups in total. The summed E-state index contributed by atoms with van der Waals surface area (Å²) in [4.78, 5) is 11.4. The Morgan fingerprint density at radius 2 is 2.08 bits per heavy atom. The van der Waals surface area contributed by atoms with Crippen LogP contribution in [0.15, 0.2) is 18.2 Å². The number of amides is 1. The SMILES string of the molecule is CN(C(=O)Cl)c1cc(F)ccc1F. The molecule has 2 nitrogen and oxygen atoms in total. The van der Waals surface area contributed by atoms with Crippen LogP contribution in [0.1, 0.15) is 0 Å². The third-order valence-electron chi connectivity index (χ3n) is 1.53. The summed E-state index contributed by atoms with van der Waals surface area (Å²) in [5.41, 5.74) is -0.181. The number of carbonyl (C=O) groups excluding carboxylic acids is 1. The standard InChI is InChI=1S/C8H6ClF2NO/c1-12(8(9)13)7-4-5(10)2-3-6(7)11/h2-4H,1H3. The molecule has 1 amide bonds. The molecule has 1 aromatic carbocycles. The molecule has 70 valence electrons. The van der Waals surface area contributed by atoms with Gasteiger partial charge in [0.1, 0.15) is 11.6 Å². The van der Waals surface area contributed by atoms with Gasteiger partial charge in [0.05, 0.1) is 5.69 Å². The molecule has 0 bridgehead atoms. The normalized spacial score (nSPS) is 9.85. The van der Waals surface area contributed by atoms with Crippen LogP contribution in [0.2, 0.25) is 0 Å². The zero-order valence-corrected chi connectivity index (χ0v) is 7.48. The molecule has 0 aromatic heterocycles. The summed E-state index contributed by atoms with van der Waals surface area (Å²) in [6, 6.07) is 2.79. The molecule has 0 aliphatic carbocycles. The molecule has 0 unspecified atom stereocenters. The van der Waals surface area contributed by atoms with Crippen LogP contribution in [0.4, 0.5) is 19.3 Å². The third kappa shape index (κ3) is 2.15. The van der Waals surface area contributed by atoms with Crippen LogP contribution in [0.25, 0.3) is 0 Å². The highest BCUT2D eigenvalue weighted by Gasteiger charge is 2.12. The van der Waals surface area contributed by atoms with Crippen LogP contribution in [0.5, 0.6) is 0 Å². The molecule has 0 atom stereocenters. The van der Waals surface area contributed by atoms with Crippen LogP contribution in [0.3, 0.4) is 0 Å². The highest BCUT2D eigenvalue weighted by Crippen LogP contribution is 2.20. The first-order valence-corrected chi connectivity index (χ1v) is 3.78. The number of benzene rings is 1. The smallest absolute Gasteiger partial charge is 0.299 e. The van der Waals surface area contributed by atoms with Crippen molar-refractivity contribution in [3.63, 3.8) is 0 Å². The number of hydrogen-bond acceptors (Lipinski definition) is 1. The van der Waals surface area contributed by atoms with Gasteiger partial charge in [0.2, 0.25) is 0 Å². The molecule has 0 saturated carbocycles. The summed E-state index contributed by atoms with van der Waals surface area (Å²) in [5, 5.41) is -0.871. The second-order valence-electron chi connectivity index (χ2n) is 2.41. The number of halogens is 3. The summed E-state index contributed by atoms with van der Waals surface area (Å²) >= 11 is 5.08. The predicted molar refractivity (Wildman–Crippen MR) is 46.0 cm³/mol. The van der Waals surface area contributed by atoms with Gasteiger partial charge in [-0.1, -0.05) is 0 Å². The Bertz CT molecular complexity index is 343. The molecule has 0 radical (unpaired) electrons. The van der Waals surface area contributed by atoms with Crippen molar-refractivity contribution in [2.75, 3.05) is 11.9 Å². The minimum Gasteiger partial charge on any atom is -0.299 e. The molecule has 0 saturated heterocycles. The molecule has 5 heteroatoms. The highest BCUT2D eigenvalue weighted by atomic mass is 35.5. The first kappa shape index (κ1) is 9.92. The van der Waals surface area contributed by atoms with Crippen molar-refractivity contribution >= 4 is 22.7 Å². The van der Waals surface area contributed by atoms with E-state index in [-0.39, 0.29) is 5.69 Å². The number of hydrogen-bond donors (Lipinski definition) is 0. The van der Waals surface area contributed by atoms with Crippen LogP contribution in [0, 0.1) is 11.6 Å². The Morgan fingerprint density at radius 1 is 1.46 bits per heavy atom. The van der Waals surface area contributed by atoms with Gasteiger partial charge in [0.15, 0.2) is 0 Å². The van der Waals surface area contributed by atoms with Crippen molar-refractivity contribution in [1.29, 1.82) is 0 Å². The van der Waals surface area contributed by atoms with Crippen molar-refractivity contribution < 1.29 is 13.6 Å². The van der Waals surface area contributed by atoms with E-state index in [0.29, 0.717) is 0 Å². The summed E-state index contributed by atoms with van der Waals surface area (Å²) in [6.45, 7) is 0. The Morgan fingerprint density at radius 3 is 2.62 bits per heavy atom. The lowest BCUT2D eigenvalue weighted by Crippen LogP contribution is -2.20. The third-order valence-corrected chi connectivity index (χ3v) is 1.79. The summed E-state index contributed by atoms with van der Waals surface area (Å²) in [6.07, 6.45) is 0. The first-order chi connectivity index (χ1) is 6.02. The van der Waals surface area contributed by atoms with Crippen LogP contribution in [-0.4, -0.2) is 12.4 Å². The predicted octanol–water partition coefficient (Wildman–Crippen LogP) is 2.76. The summed E-state index contributed by atoms with van der Waals surface area (Å²) in [5.74, 6) is -1.32. The summed E-state index contributed by atoms with van der Waals surface area (Å²) in [7, 11) is 1.26. The Labute approximate surface area is 78.7 Å². The topological polar surface area (TPSA) is 20.3 Å². The maximum Gasteiger partial charge on any atom is 0.320 e. The first-order valence-electron chi connectivity index (χ1n) is 3.40. The molecule has 0 spiro atoms. The maximum absolute atomic E-state index is 13.0. The minimum absolute atomic E-state index is 0.181. The van der Waals surface area contributed by atoms with Crippen molar-refractivity contribution in [1.82, 2.24) is 0 Å². The number of carbonyl (C=O) groups is 1. The lowest BCUT2D eigenvalue weighted by atomic mass is 10.3. The molecule has 0 heterocycles. The van der Waals surface area contributed by atoms with Gasteiger partial charge in [0, 0.05) is 13.1 Å². The fraction of sp³-hybridized carbons (Fsp3) is 0.125. The highest BCUT2D eigenvalue weighted by molar-refractivity contribution is 6.66. The van der Waals surface area contributed by atoms with Gasteiger partial charge in [-0.25, -0.2) is 8.78 Å². The molecule has 0 fully saturated rings. The van der Waals surface area contributed by atoms with Gasteiger partial charge in [-0.05, 0) is 23.7 Å². The monoisotopic (exact) mass is 205 g/mol. The fourth-order valence-corrected chi connectivity index (χ4v) is 0.929. The van der Waals surface area contributed by atoms with E-state index in [4.69, 9.17) is 11.6 Å². The van der Waals surface area contributed by atoms with Gasteiger partial charge >= 0.3 is 5.37 Å². The molecular formula is C8H6ClF2NO. The van der Waals surface area contributed by atoms with E-state index < -0.39 is 17.0 Å². The van der Waals surface area contributed by atoms with E-state index in [1.807, 2.05) is 0 Å². The largest absolute Gasteiger partial charge is 0.320 e. The lowest BCUT2D eigenvalue weighted by Gasteiger charge is -2.13. The number of anilines is 1. The average molecular weight is 206 g/mol. The van der Waals surface area contributed by atoms with Gasteiger partial charge in [0.25, 0.3) is 0 Å². The fourth-order valence-electron chi connectivity index (χ4n) is 0.838. The molecule has 13 heavy (non-hydrogen) atoms. The van der Waals surface area contributed by atoms with Crippen molar-refractivity contribution in [3.8, 4) is 0 Å². The van der Waals surface area contributed by atoms with Crippen LogP contribution < -0.4 is 4.90 Å². The van der Waals surface area contributed by atoms with Crippen molar-refractivity contribution in [3.05, 3.63) is 29.8 Å². The Kier molecular flexibility index (Phi) is 2.83. The molecule has 1 aromatic rings. The maximum atomic E-state index is 13.0. The average Bonchev–Trinajstić information content (AvgIpc) is 2.08. The molecule has 0 aliphatic rings. The summed E-state index contributed by atoms with van der Waals surface area (Å²) < 4.78 is 25.6. The lowest BCUT2D eigenvalue weighted by molar-refractivity contribution is 0.265. The van der Waals surface area contributed by atoms with Crippen molar-refractivity contribution in [2.24, 2.45) is 0 Å². The van der Waals surface area contributed by atoms with Crippen LogP contribution >= 0.6 is 11.6 Å². The van der Waals surface area contributed by atoms with Crippen LogP contribution in [-0.2, 0) is 0 Å². The number of nitrogens with zero attached hydrogens (tertiary/aromatic N) is 1. The van der Waals surface area contributed by atoms with E-state index in [2.05, 4.69) is 0 Å². The van der Waals surface area contributed by atoms with E-state index in [1.165, 1.54) is 7.05 Å². The second kappa shape index (κ2) is 3.70. The van der Waals surface area contributed by atoms with Crippen molar-refractivity contribution in [2.45, 2.75) is 0 Å². The Balaban J connectivity index is 3.12. The van der Waals surface area contributed by atoms with E-state index >= 15 is 0 Å². The molecule has 1 rings (SSSR count). The molecule has 0 aliphatic heterocycles. The van der Waals surface area contributed by atoms with E-state index in [9.17, 15) is 13.6 Å². The van der Waals surface area contributed by atoms with E-state index in [1.54, 1.807) is 0 Å². The quantitative estimate of drug-likeness (QED) is 0.510. The zero-order chi connectivity index (χ0) is 10.0. The Hall–Kier alpha value is -1.16. The van der Waals surface area contributed by atoms with Gasteiger partial charge in [-0.15, -0.1) is 0 Å². The second-order valence-corrected chi connectivity index (χ2v) is 2.73. The van der Waals surface area contributed by atoms with Gasteiger partial charge < -0.3 is 0 Å². The minimum atomic E-state index is -0.871.